The smallest absolute Gasteiger partial charge is 0.303 e. The zero-order chi connectivity index (χ0) is 18.9. The Balaban J connectivity index is 1.36. The molecule has 0 amide bonds. The van der Waals surface area contributed by atoms with Crippen molar-refractivity contribution in [1.29, 1.82) is 0 Å². The Morgan fingerprint density at radius 2 is 1.70 bits per heavy atom. The molecular weight excluding hydrogens is 332 g/mol. The second kappa shape index (κ2) is 8.07. The van der Waals surface area contributed by atoms with E-state index in [9.17, 15) is 4.79 Å². The lowest BCUT2D eigenvalue weighted by Crippen LogP contribution is -2.52. The molecule has 1 unspecified atom stereocenters. The number of hydrogen-bond acceptors (Lipinski definition) is 1. The van der Waals surface area contributed by atoms with Gasteiger partial charge in [-0.05, 0) is 98.7 Å². The van der Waals surface area contributed by atoms with Crippen LogP contribution >= 0.6 is 0 Å². The molecule has 0 aromatic rings. The summed E-state index contributed by atoms with van der Waals surface area (Å²) in [6.45, 7) is 2.69. The maximum Gasteiger partial charge on any atom is 0.303 e. The Kier molecular flexibility index (Phi) is 5.91. The van der Waals surface area contributed by atoms with Crippen LogP contribution in [-0.4, -0.2) is 11.1 Å². The average Bonchev–Trinajstić information content (AvgIpc) is 3.08. The minimum atomic E-state index is -0.630. The van der Waals surface area contributed by atoms with Crippen molar-refractivity contribution in [1.82, 2.24) is 0 Å². The second-order valence-corrected chi connectivity index (χ2v) is 11.0. The summed E-state index contributed by atoms with van der Waals surface area (Å²) in [4.78, 5) is 10.7. The van der Waals surface area contributed by atoms with Gasteiger partial charge in [0.2, 0.25) is 0 Å². The van der Waals surface area contributed by atoms with E-state index >= 15 is 0 Å². The molecule has 0 spiro atoms. The van der Waals surface area contributed by atoms with Gasteiger partial charge in [0.05, 0.1) is 0 Å². The number of hydrogen-bond donors (Lipinski definition) is 1. The van der Waals surface area contributed by atoms with Crippen LogP contribution in [0.25, 0.3) is 0 Å². The van der Waals surface area contributed by atoms with Gasteiger partial charge < -0.3 is 5.11 Å². The van der Waals surface area contributed by atoms with Crippen molar-refractivity contribution < 1.29 is 9.90 Å². The molecule has 0 radical (unpaired) electrons. The lowest BCUT2D eigenvalue weighted by molar-refractivity contribution is -0.137. The summed E-state index contributed by atoms with van der Waals surface area (Å²) in [5.41, 5.74) is 1.35. The molecule has 154 valence electrons. The van der Waals surface area contributed by atoms with Gasteiger partial charge >= 0.3 is 5.97 Å². The molecule has 0 heterocycles. The highest BCUT2D eigenvalue weighted by Crippen LogP contribution is 2.67. The number of fused-ring (bicyclic) bond motifs is 5. The van der Waals surface area contributed by atoms with Crippen LogP contribution in [0.3, 0.4) is 0 Å². The zero-order valence-electron chi connectivity index (χ0n) is 17.7. The molecule has 27 heavy (non-hydrogen) atoms. The topological polar surface area (TPSA) is 37.3 Å². The van der Waals surface area contributed by atoms with Crippen LogP contribution in [-0.2, 0) is 4.79 Å². The van der Waals surface area contributed by atoms with Gasteiger partial charge in [-0.25, -0.2) is 0 Å². The van der Waals surface area contributed by atoms with Crippen LogP contribution in [0.5, 0.6) is 0 Å². The predicted octanol–water partition coefficient (Wildman–Crippen LogP) is 7.21. The van der Waals surface area contributed by atoms with E-state index in [-0.39, 0.29) is 0 Å². The largest absolute Gasteiger partial charge is 0.481 e. The highest BCUT2D eigenvalue weighted by Gasteiger charge is 2.58. The van der Waals surface area contributed by atoms with Crippen LogP contribution in [0, 0.1) is 34.5 Å². The van der Waals surface area contributed by atoms with Crippen LogP contribution in [0.2, 0.25) is 0 Å². The Morgan fingerprint density at radius 1 is 0.852 bits per heavy atom. The maximum absolute atomic E-state index is 10.7. The fourth-order valence-electron chi connectivity index (χ4n) is 8.63. The van der Waals surface area contributed by atoms with Crippen molar-refractivity contribution in [3.05, 3.63) is 0 Å². The molecule has 0 aromatic heterocycles. The first-order chi connectivity index (χ1) is 13.1. The monoisotopic (exact) mass is 374 g/mol. The highest BCUT2D eigenvalue weighted by molar-refractivity contribution is 5.66. The van der Waals surface area contributed by atoms with Crippen molar-refractivity contribution in [3.8, 4) is 0 Å². The Labute approximate surface area is 166 Å². The van der Waals surface area contributed by atoms with Gasteiger partial charge in [-0.3, -0.25) is 4.79 Å². The minimum absolute atomic E-state index is 0.358. The van der Waals surface area contributed by atoms with E-state index in [2.05, 4.69) is 6.92 Å². The molecule has 6 atom stereocenters. The summed E-state index contributed by atoms with van der Waals surface area (Å²) >= 11 is 0. The van der Waals surface area contributed by atoms with Gasteiger partial charge in [-0.1, -0.05) is 45.4 Å². The first-order valence-electron chi connectivity index (χ1n) is 12.3. The summed E-state index contributed by atoms with van der Waals surface area (Å²) in [6, 6.07) is 0. The molecule has 2 nitrogen and oxygen atoms in total. The summed E-state index contributed by atoms with van der Waals surface area (Å²) in [5.74, 6) is 3.50. The van der Waals surface area contributed by atoms with Crippen molar-refractivity contribution in [2.24, 2.45) is 34.5 Å². The maximum atomic E-state index is 10.7. The molecule has 0 aromatic carbocycles. The van der Waals surface area contributed by atoms with Crippen molar-refractivity contribution in [2.45, 2.75) is 116 Å². The molecule has 4 aliphatic carbocycles. The third-order valence-corrected chi connectivity index (χ3v) is 9.92. The first-order valence-corrected chi connectivity index (χ1v) is 12.3. The van der Waals surface area contributed by atoms with E-state index < -0.39 is 5.97 Å². The lowest BCUT2D eigenvalue weighted by Gasteiger charge is -2.60. The molecular formula is C25H42O2. The van der Waals surface area contributed by atoms with Gasteiger partial charge in [0, 0.05) is 6.42 Å². The molecule has 2 heteroatoms. The molecule has 4 saturated carbocycles. The lowest BCUT2D eigenvalue weighted by atomic mass is 9.45. The third kappa shape index (κ3) is 3.71. The molecule has 1 N–H and O–H groups in total. The zero-order valence-corrected chi connectivity index (χ0v) is 17.7. The fraction of sp³-hybridized carbons (Fsp3) is 0.960. The van der Waals surface area contributed by atoms with E-state index in [0.29, 0.717) is 17.3 Å². The minimum Gasteiger partial charge on any atom is -0.481 e. The normalized spacial score (nSPS) is 43.6. The highest BCUT2D eigenvalue weighted by atomic mass is 16.4. The SMILES string of the molecule is C[C@]12CCCCC1CC[C@H]1[C@@H]3CCC[C@@]3(CCCCCCC(=O)O)CC[C@@H]12. The summed E-state index contributed by atoms with van der Waals surface area (Å²) in [7, 11) is 0. The predicted molar refractivity (Wildman–Crippen MR) is 111 cm³/mol. The van der Waals surface area contributed by atoms with E-state index in [4.69, 9.17) is 5.11 Å². The Bertz CT molecular complexity index is 528. The second-order valence-electron chi connectivity index (χ2n) is 11.0. The standard InChI is InChI=1S/C25H42O2/c1-24-15-7-5-9-19(24)12-13-20-21(24)14-18-25(17-8-10-22(20)25)16-6-3-2-4-11-23(26)27/h19-22H,2-18H2,1H3,(H,26,27)/t19?,20-,21+,22+,24+,25+/m1/s1. The number of rotatable bonds is 7. The molecule has 0 bridgehead atoms. The molecule has 0 aliphatic heterocycles. The van der Waals surface area contributed by atoms with Crippen molar-refractivity contribution in [2.75, 3.05) is 0 Å². The molecule has 4 aliphatic rings. The van der Waals surface area contributed by atoms with Crippen LogP contribution in [0.1, 0.15) is 116 Å². The summed E-state index contributed by atoms with van der Waals surface area (Å²) < 4.78 is 0. The number of carboxylic acid groups (broad SMARTS) is 1. The van der Waals surface area contributed by atoms with E-state index in [1.54, 1.807) is 0 Å². The van der Waals surface area contributed by atoms with Gasteiger partial charge in [-0.15, -0.1) is 0 Å². The van der Waals surface area contributed by atoms with Crippen LogP contribution in [0.15, 0.2) is 0 Å². The van der Waals surface area contributed by atoms with Gasteiger partial charge in [0.1, 0.15) is 0 Å². The van der Waals surface area contributed by atoms with Gasteiger partial charge in [0.25, 0.3) is 0 Å². The average molecular weight is 375 g/mol. The van der Waals surface area contributed by atoms with Gasteiger partial charge in [0.15, 0.2) is 0 Å². The first kappa shape index (κ1) is 19.8. The number of unbranched alkanes of at least 4 members (excludes halogenated alkanes) is 3. The van der Waals surface area contributed by atoms with Crippen molar-refractivity contribution >= 4 is 5.97 Å². The van der Waals surface area contributed by atoms with E-state index in [0.717, 1.165) is 36.5 Å². The van der Waals surface area contributed by atoms with Crippen molar-refractivity contribution in [3.63, 3.8) is 0 Å². The van der Waals surface area contributed by atoms with E-state index in [1.807, 2.05) is 0 Å². The number of carbonyl (C=O) groups is 1. The van der Waals surface area contributed by atoms with Crippen LogP contribution < -0.4 is 0 Å². The Morgan fingerprint density at radius 3 is 2.56 bits per heavy atom. The Hall–Kier alpha value is -0.530. The fourth-order valence-corrected chi connectivity index (χ4v) is 8.63. The number of carboxylic acids is 1. The number of aliphatic carboxylic acids is 1. The molecule has 4 fully saturated rings. The third-order valence-electron chi connectivity index (χ3n) is 9.92. The quantitative estimate of drug-likeness (QED) is 0.478. The van der Waals surface area contributed by atoms with E-state index in [1.165, 1.54) is 89.9 Å². The molecule has 0 saturated heterocycles. The summed E-state index contributed by atoms with van der Waals surface area (Å²) in [5, 5.41) is 8.81. The molecule has 4 rings (SSSR count). The van der Waals surface area contributed by atoms with Crippen LogP contribution in [0.4, 0.5) is 0 Å². The summed E-state index contributed by atoms with van der Waals surface area (Å²) in [6.07, 6.45) is 23.0. The van der Waals surface area contributed by atoms with Gasteiger partial charge in [-0.2, -0.15) is 0 Å².